The number of hydrogen-bond acceptors (Lipinski definition) is 4. The van der Waals surface area contributed by atoms with E-state index in [1.54, 1.807) is 0 Å². The molecule has 1 atom stereocenters. The summed E-state index contributed by atoms with van der Waals surface area (Å²) in [6.07, 6.45) is 2.18. The number of carboxylic acids is 2. The highest BCUT2D eigenvalue weighted by Gasteiger charge is 2.40. The molecule has 1 rings (SSSR count). The van der Waals surface area contributed by atoms with Crippen molar-refractivity contribution in [1.82, 2.24) is 10.6 Å². The summed E-state index contributed by atoms with van der Waals surface area (Å²) >= 11 is 0. The molecule has 0 aromatic carbocycles. The summed E-state index contributed by atoms with van der Waals surface area (Å²) in [7, 11) is 0. The minimum atomic E-state index is -1.37. The van der Waals surface area contributed by atoms with Crippen molar-refractivity contribution in [2.75, 3.05) is 13.1 Å². The Morgan fingerprint density at radius 2 is 1.85 bits per heavy atom. The van der Waals surface area contributed by atoms with Gasteiger partial charge in [-0.05, 0) is 32.4 Å². The fourth-order valence-electron chi connectivity index (χ4n) is 2.66. The lowest BCUT2D eigenvalue weighted by Crippen LogP contribution is -2.52. The molecule has 0 aliphatic carbocycles. The van der Waals surface area contributed by atoms with E-state index in [-0.39, 0.29) is 5.91 Å². The monoisotopic (exact) mass is 286 g/mol. The first-order valence-corrected chi connectivity index (χ1v) is 6.87. The predicted molar refractivity (Wildman–Crippen MR) is 71.3 cm³/mol. The van der Waals surface area contributed by atoms with E-state index < -0.39 is 29.8 Å². The van der Waals surface area contributed by atoms with Gasteiger partial charge in [0, 0.05) is 0 Å². The van der Waals surface area contributed by atoms with Gasteiger partial charge < -0.3 is 20.8 Å². The molecule has 0 radical (unpaired) electrons. The van der Waals surface area contributed by atoms with Crippen LogP contribution in [-0.2, 0) is 14.4 Å². The highest BCUT2D eigenvalue weighted by Crippen LogP contribution is 2.34. The number of carbonyl (C=O) groups is 3. The summed E-state index contributed by atoms with van der Waals surface area (Å²) in [4.78, 5) is 34.1. The van der Waals surface area contributed by atoms with E-state index in [4.69, 9.17) is 10.2 Å². The Morgan fingerprint density at radius 1 is 1.25 bits per heavy atom. The standard InChI is InChI=1S/C13H22N2O5/c1-2-3-13(4-6-14-7-5-13)12(20)15-9(11(18)19)8-10(16)17/h9,14H,2-8H2,1H3,(H,15,20)(H,16,17)(H,18,19). The average Bonchev–Trinajstić information content (AvgIpc) is 2.38. The van der Waals surface area contributed by atoms with Gasteiger partial charge in [0.05, 0.1) is 11.8 Å². The maximum atomic E-state index is 12.4. The second-order valence-electron chi connectivity index (χ2n) is 5.24. The number of nitrogens with one attached hydrogen (secondary N) is 2. The van der Waals surface area contributed by atoms with Crippen molar-refractivity contribution in [1.29, 1.82) is 0 Å². The molecule has 1 unspecified atom stereocenters. The zero-order valence-corrected chi connectivity index (χ0v) is 11.6. The molecule has 4 N–H and O–H groups in total. The first-order valence-electron chi connectivity index (χ1n) is 6.87. The van der Waals surface area contributed by atoms with Crippen LogP contribution in [0.15, 0.2) is 0 Å². The molecular weight excluding hydrogens is 264 g/mol. The molecule has 1 amide bonds. The molecular formula is C13H22N2O5. The van der Waals surface area contributed by atoms with Gasteiger partial charge in [-0.15, -0.1) is 0 Å². The summed E-state index contributed by atoms with van der Waals surface area (Å²) in [6, 6.07) is -1.37. The van der Waals surface area contributed by atoms with E-state index in [0.29, 0.717) is 32.4 Å². The third-order valence-corrected chi connectivity index (χ3v) is 3.75. The number of carbonyl (C=O) groups excluding carboxylic acids is 1. The SMILES string of the molecule is CCCC1(C(=O)NC(CC(=O)O)C(=O)O)CCNCC1. The van der Waals surface area contributed by atoms with Crippen LogP contribution in [0.5, 0.6) is 0 Å². The van der Waals surface area contributed by atoms with Crippen molar-refractivity contribution < 1.29 is 24.6 Å². The highest BCUT2D eigenvalue weighted by atomic mass is 16.4. The van der Waals surface area contributed by atoms with Crippen LogP contribution in [0.1, 0.15) is 39.0 Å². The lowest BCUT2D eigenvalue weighted by molar-refractivity contribution is -0.149. The van der Waals surface area contributed by atoms with Crippen LogP contribution in [0.25, 0.3) is 0 Å². The molecule has 0 spiro atoms. The Labute approximate surface area is 117 Å². The molecule has 0 saturated carbocycles. The van der Waals surface area contributed by atoms with Crippen LogP contribution in [0, 0.1) is 5.41 Å². The Hall–Kier alpha value is -1.63. The van der Waals surface area contributed by atoms with Gasteiger partial charge in [-0.2, -0.15) is 0 Å². The summed E-state index contributed by atoms with van der Waals surface area (Å²) < 4.78 is 0. The molecule has 1 aliphatic rings. The summed E-state index contributed by atoms with van der Waals surface area (Å²) in [5, 5.41) is 23.3. The van der Waals surface area contributed by atoms with E-state index in [1.165, 1.54) is 0 Å². The van der Waals surface area contributed by atoms with Gasteiger partial charge in [0.1, 0.15) is 6.04 Å². The van der Waals surface area contributed by atoms with Crippen LogP contribution in [0.2, 0.25) is 0 Å². The lowest BCUT2D eigenvalue weighted by atomic mass is 9.74. The van der Waals surface area contributed by atoms with Crippen LogP contribution < -0.4 is 10.6 Å². The summed E-state index contributed by atoms with van der Waals surface area (Å²) in [6.45, 7) is 3.40. The van der Waals surface area contributed by atoms with Gasteiger partial charge in [0.15, 0.2) is 0 Å². The fraction of sp³-hybridized carbons (Fsp3) is 0.769. The van der Waals surface area contributed by atoms with Crippen molar-refractivity contribution in [3.8, 4) is 0 Å². The summed E-state index contributed by atoms with van der Waals surface area (Å²) in [5.41, 5.74) is -0.577. The Kier molecular flexibility index (Phi) is 5.94. The molecule has 1 saturated heterocycles. The number of aliphatic carboxylic acids is 2. The number of amides is 1. The average molecular weight is 286 g/mol. The van der Waals surface area contributed by atoms with Crippen molar-refractivity contribution in [2.45, 2.75) is 45.1 Å². The van der Waals surface area contributed by atoms with E-state index in [9.17, 15) is 14.4 Å². The van der Waals surface area contributed by atoms with Crippen LogP contribution in [-0.4, -0.2) is 47.2 Å². The molecule has 20 heavy (non-hydrogen) atoms. The van der Waals surface area contributed by atoms with Crippen LogP contribution >= 0.6 is 0 Å². The molecule has 1 aliphatic heterocycles. The van der Waals surface area contributed by atoms with Gasteiger partial charge in [0.2, 0.25) is 5.91 Å². The van der Waals surface area contributed by atoms with E-state index in [0.717, 1.165) is 6.42 Å². The topological polar surface area (TPSA) is 116 Å². The molecule has 114 valence electrons. The van der Waals surface area contributed by atoms with Gasteiger partial charge in [-0.3, -0.25) is 9.59 Å². The largest absolute Gasteiger partial charge is 0.481 e. The molecule has 0 aromatic heterocycles. The smallest absolute Gasteiger partial charge is 0.326 e. The molecule has 1 heterocycles. The van der Waals surface area contributed by atoms with Crippen LogP contribution in [0.4, 0.5) is 0 Å². The predicted octanol–water partition coefficient (Wildman–Crippen LogP) is 0.200. The third kappa shape index (κ3) is 4.19. The number of piperidine rings is 1. The molecule has 7 nitrogen and oxygen atoms in total. The maximum absolute atomic E-state index is 12.4. The normalized spacial score (nSPS) is 19.1. The number of carboxylic acid groups (broad SMARTS) is 2. The van der Waals surface area contributed by atoms with E-state index >= 15 is 0 Å². The zero-order chi connectivity index (χ0) is 15.2. The van der Waals surface area contributed by atoms with Gasteiger partial charge in [-0.1, -0.05) is 13.3 Å². The third-order valence-electron chi connectivity index (χ3n) is 3.75. The Balaban J connectivity index is 2.78. The molecule has 7 heteroatoms. The Morgan fingerprint density at radius 3 is 2.30 bits per heavy atom. The second-order valence-corrected chi connectivity index (χ2v) is 5.24. The summed E-state index contributed by atoms with van der Waals surface area (Å²) in [5.74, 6) is -2.90. The number of hydrogen-bond donors (Lipinski definition) is 4. The van der Waals surface area contributed by atoms with Crippen LogP contribution in [0.3, 0.4) is 0 Å². The minimum Gasteiger partial charge on any atom is -0.481 e. The van der Waals surface area contributed by atoms with Gasteiger partial charge >= 0.3 is 11.9 Å². The molecule has 1 fully saturated rings. The van der Waals surface area contributed by atoms with Crippen molar-refractivity contribution >= 4 is 17.8 Å². The fourth-order valence-corrected chi connectivity index (χ4v) is 2.66. The number of rotatable bonds is 7. The quantitative estimate of drug-likeness (QED) is 0.531. The lowest BCUT2D eigenvalue weighted by Gasteiger charge is -2.36. The zero-order valence-electron chi connectivity index (χ0n) is 11.6. The van der Waals surface area contributed by atoms with Gasteiger partial charge in [-0.25, -0.2) is 4.79 Å². The first kappa shape index (κ1) is 16.4. The maximum Gasteiger partial charge on any atom is 0.326 e. The second kappa shape index (κ2) is 7.23. The van der Waals surface area contributed by atoms with E-state index in [1.807, 2.05) is 6.92 Å². The first-order chi connectivity index (χ1) is 9.41. The minimum absolute atomic E-state index is 0.338. The molecule has 0 bridgehead atoms. The van der Waals surface area contributed by atoms with Crippen molar-refractivity contribution in [2.24, 2.45) is 5.41 Å². The van der Waals surface area contributed by atoms with E-state index in [2.05, 4.69) is 10.6 Å². The molecule has 0 aromatic rings. The Bertz CT molecular complexity index is 371. The van der Waals surface area contributed by atoms with Crippen molar-refractivity contribution in [3.05, 3.63) is 0 Å². The highest BCUT2D eigenvalue weighted by molar-refractivity contribution is 5.89. The van der Waals surface area contributed by atoms with Crippen molar-refractivity contribution in [3.63, 3.8) is 0 Å². The van der Waals surface area contributed by atoms with Gasteiger partial charge in [0.25, 0.3) is 0 Å².